The number of amides is 1. The van der Waals surface area contributed by atoms with Crippen LogP contribution in [0.3, 0.4) is 0 Å². The van der Waals surface area contributed by atoms with Crippen molar-refractivity contribution in [2.75, 3.05) is 6.61 Å². The van der Waals surface area contributed by atoms with E-state index in [9.17, 15) is 13.8 Å². The Morgan fingerprint density at radius 2 is 2.00 bits per heavy atom. The molecule has 0 saturated carbocycles. The fraction of sp³-hybridized carbons (Fsp3) is 0.667. The van der Waals surface area contributed by atoms with Gasteiger partial charge in [-0.1, -0.05) is 0 Å². The van der Waals surface area contributed by atoms with Crippen molar-refractivity contribution in [3.63, 3.8) is 0 Å². The first-order valence-electron chi connectivity index (χ1n) is 6.56. The van der Waals surface area contributed by atoms with Crippen molar-refractivity contribution >= 4 is 34.1 Å². The molecule has 9 nitrogen and oxygen atoms in total. The average Bonchev–Trinajstić information content (AvgIpc) is 2.36. The fourth-order valence-corrected chi connectivity index (χ4v) is 1.98. The van der Waals surface area contributed by atoms with Crippen molar-refractivity contribution < 1.29 is 27.5 Å². The van der Waals surface area contributed by atoms with Crippen LogP contribution < -0.4 is 5.32 Å². The topological polar surface area (TPSA) is 116 Å². The van der Waals surface area contributed by atoms with E-state index in [4.69, 9.17) is 8.92 Å². The molecule has 1 N–H and O–H groups in total. The third-order valence-electron chi connectivity index (χ3n) is 2.11. The van der Waals surface area contributed by atoms with Gasteiger partial charge >= 0.3 is 12.1 Å². The van der Waals surface area contributed by atoms with E-state index in [0.29, 0.717) is 0 Å². The summed E-state index contributed by atoms with van der Waals surface area (Å²) >= 11 is -2.14. The number of nitrogens with one attached hydrogen (secondary N) is 1. The van der Waals surface area contributed by atoms with Crippen LogP contribution in [0.4, 0.5) is 4.79 Å². The standard InChI is InChI=1S/C12H19N3O6S/c1-6-19-10(16)9-15-14-8(21-22(9)18)7(2)13-11(17)20-12(3,4)5/h7H,6H2,1-5H3,(H,13,17)/t7-,22?/m0/s1. The van der Waals surface area contributed by atoms with Gasteiger partial charge in [-0.2, -0.15) is 0 Å². The number of alkyl carbamates (subject to hydrolysis) is 1. The Bertz CT molecular complexity index is 537. The lowest BCUT2D eigenvalue weighted by Gasteiger charge is -2.22. The van der Waals surface area contributed by atoms with Gasteiger partial charge < -0.3 is 19.0 Å². The van der Waals surface area contributed by atoms with Crippen LogP contribution in [-0.4, -0.2) is 45.5 Å². The van der Waals surface area contributed by atoms with Crippen molar-refractivity contribution in [2.24, 2.45) is 10.2 Å². The molecule has 1 amide bonds. The number of carbonyl (C=O) groups excluding carboxylic acids is 2. The largest absolute Gasteiger partial charge is 0.461 e. The molecule has 0 aromatic heterocycles. The molecular weight excluding hydrogens is 314 g/mol. The van der Waals surface area contributed by atoms with Crippen LogP contribution in [0.2, 0.25) is 0 Å². The van der Waals surface area contributed by atoms with Crippen LogP contribution in [0.1, 0.15) is 34.6 Å². The molecule has 10 heteroatoms. The molecule has 0 aromatic carbocycles. The third kappa shape index (κ3) is 5.43. The smallest absolute Gasteiger partial charge is 0.408 e. The van der Waals surface area contributed by atoms with Crippen molar-refractivity contribution in [3.05, 3.63) is 0 Å². The molecule has 1 rings (SSSR count). The fourth-order valence-electron chi connectivity index (χ4n) is 1.27. The second-order valence-corrected chi connectivity index (χ2v) is 6.27. The molecule has 22 heavy (non-hydrogen) atoms. The van der Waals surface area contributed by atoms with Crippen LogP contribution in [-0.2, 0) is 29.5 Å². The van der Waals surface area contributed by atoms with Crippen LogP contribution in [0.25, 0.3) is 0 Å². The Hall–Kier alpha value is -1.97. The van der Waals surface area contributed by atoms with Gasteiger partial charge in [0, 0.05) is 0 Å². The molecule has 0 fully saturated rings. The molecule has 2 atom stereocenters. The molecule has 0 bridgehead atoms. The average molecular weight is 333 g/mol. The highest BCUT2D eigenvalue weighted by Crippen LogP contribution is 2.09. The molecule has 1 heterocycles. The van der Waals surface area contributed by atoms with Crippen molar-refractivity contribution in [2.45, 2.75) is 46.3 Å². The number of hydrogen-bond donors (Lipinski definition) is 1. The zero-order valence-corrected chi connectivity index (χ0v) is 13.9. The summed E-state index contributed by atoms with van der Waals surface area (Å²) < 4.78 is 26.5. The minimum Gasteiger partial charge on any atom is -0.461 e. The van der Waals surface area contributed by atoms with E-state index in [2.05, 4.69) is 20.3 Å². The molecule has 124 valence electrons. The van der Waals surface area contributed by atoms with Crippen LogP contribution in [0.15, 0.2) is 10.2 Å². The maximum atomic E-state index is 11.8. The van der Waals surface area contributed by atoms with E-state index in [-0.39, 0.29) is 12.5 Å². The number of hydrogen-bond acceptors (Lipinski definition) is 8. The van der Waals surface area contributed by atoms with E-state index in [1.807, 2.05) is 0 Å². The van der Waals surface area contributed by atoms with Gasteiger partial charge in [-0.05, 0) is 34.6 Å². The molecule has 0 aliphatic carbocycles. The van der Waals surface area contributed by atoms with Gasteiger partial charge in [0.25, 0.3) is 16.1 Å². The van der Waals surface area contributed by atoms with Crippen LogP contribution >= 0.6 is 0 Å². The van der Waals surface area contributed by atoms with Crippen LogP contribution in [0, 0.1) is 0 Å². The van der Waals surface area contributed by atoms with E-state index >= 15 is 0 Å². The minimum atomic E-state index is -2.14. The quantitative estimate of drug-likeness (QED) is 0.763. The van der Waals surface area contributed by atoms with Gasteiger partial charge in [0.2, 0.25) is 5.90 Å². The zero-order valence-electron chi connectivity index (χ0n) is 13.0. The Labute approximate surface area is 130 Å². The van der Waals surface area contributed by atoms with Gasteiger partial charge in [-0.25, -0.2) is 13.8 Å². The van der Waals surface area contributed by atoms with Gasteiger partial charge in [0.1, 0.15) is 11.6 Å². The number of nitrogens with zero attached hydrogens (tertiary/aromatic N) is 2. The van der Waals surface area contributed by atoms with Gasteiger partial charge in [0.05, 0.1) is 6.61 Å². The Morgan fingerprint density at radius 3 is 2.50 bits per heavy atom. The highest BCUT2D eigenvalue weighted by molar-refractivity contribution is 7.99. The summed E-state index contributed by atoms with van der Waals surface area (Å²) in [5.74, 6) is -0.964. The summed E-state index contributed by atoms with van der Waals surface area (Å²) in [7, 11) is 0. The molecular formula is C12H19N3O6S. The highest BCUT2D eigenvalue weighted by Gasteiger charge is 2.30. The lowest BCUT2D eigenvalue weighted by molar-refractivity contribution is -0.134. The highest BCUT2D eigenvalue weighted by atomic mass is 32.2. The summed E-state index contributed by atoms with van der Waals surface area (Å²) in [6.07, 6.45) is -0.683. The minimum absolute atomic E-state index is 0.0998. The van der Waals surface area contributed by atoms with Gasteiger partial charge in [-0.3, -0.25) is 0 Å². The Balaban J connectivity index is 2.72. The van der Waals surface area contributed by atoms with E-state index in [1.165, 1.54) is 0 Å². The van der Waals surface area contributed by atoms with E-state index in [1.54, 1.807) is 34.6 Å². The number of esters is 1. The predicted molar refractivity (Wildman–Crippen MR) is 79.6 cm³/mol. The summed E-state index contributed by atoms with van der Waals surface area (Å²) in [6.45, 7) is 8.42. The summed E-state index contributed by atoms with van der Waals surface area (Å²) in [6, 6.07) is -0.730. The molecule has 0 aromatic rings. The van der Waals surface area contributed by atoms with E-state index in [0.717, 1.165) is 0 Å². The zero-order chi connectivity index (χ0) is 16.9. The summed E-state index contributed by atoms with van der Waals surface area (Å²) in [5, 5.41) is 9.18. The van der Waals surface area contributed by atoms with E-state index < -0.39 is 39.8 Å². The molecule has 1 aliphatic heterocycles. The maximum Gasteiger partial charge on any atom is 0.408 e. The number of carbonyl (C=O) groups is 2. The number of ether oxygens (including phenoxy) is 2. The van der Waals surface area contributed by atoms with Crippen molar-refractivity contribution in [3.8, 4) is 0 Å². The van der Waals surface area contributed by atoms with Crippen molar-refractivity contribution in [1.82, 2.24) is 5.32 Å². The summed E-state index contributed by atoms with van der Waals surface area (Å²) in [5.41, 5.74) is -0.656. The SMILES string of the molecule is CCOC(=O)C1=NN=C([C@H](C)NC(=O)OC(C)(C)C)OS1=O. The van der Waals surface area contributed by atoms with Crippen LogP contribution in [0.5, 0.6) is 0 Å². The molecule has 1 unspecified atom stereocenters. The Kier molecular flexibility index (Phi) is 6.03. The predicted octanol–water partition coefficient (Wildman–Crippen LogP) is 0.869. The first-order valence-corrected chi connectivity index (χ1v) is 7.63. The molecule has 0 spiro atoms. The lowest BCUT2D eigenvalue weighted by atomic mass is 10.2. The molecule has 1 aliphatic rings. The second kappa shape index (κ2) is 7.34. The second-order valence-electron chi connectivity index (χ2n) is 5.25. The first kappa shape index (κ1) is 18.1. The first-order chi connectivity index (χ1) is 10.1. The normalized spacial score (nSPS) is 19.2. The summed E-state index contributed by atoms with van der Waals surface area (Å²) in [4.78, 5) is 23.1. The lowest BCUT2D eigenvalue weighted by Crippen LogP contribution is -2.44. The van der Waals surface area contributed by atoms with Gasteiger partial charge in [0.15, 0.2) is 0 Å². The molecule has 0 saturated heterocycles. The third-order valence-corrected chi connectivity index (χ3v) is 3.00. The Morgan fingerprint density at radius 1 is 1.36 bits per heavy atom. The monoisotopic (exact) mass is 333 g/mol. The van der Waals surface area contributed by atoms with Crippen molar-refractivity contribution in [1.29, 1.82) is 0 Å². The van der Waals surface area contributed by atoms with Gasteiger partial charge in [-0.15, -0.1) is 10.2 Å². The number of rotatable bonds is 4. The maximum absolute atomic E-state index is 11.8. The molecule has 0 radical (unpaired) electrons.